The largest absolute Gasteiger partial charge is 0.508 e. The maximum absolute atomic E-state index is 14.5. The highest BCUT2D eigenvalue weighted by molar-refractivity contribution is 8.76. The van der Waals surface area contributed by atoms with E-state index in [1.165, 1.54) is 14.0 Å². The first-order chi connectivity index (χ1) is 31.4. The zero-order chi connectivity index (χ0) is 46.1. The second-order valence-corrected chi connectivity index (χ2v) is 20.8. The van der Waals surface area contributed by atoms with Gasteiger partial charge in [-0.05, 0) is 153 Å². The lowest BCUT2D eigenvalue weighted by Crippen LogP contribution is -2.40. The van der Waals surface area contributed by atoms with Gasteiger partial charge in [0.15, 0.2) is 11.5 Å². The van der Waals surface area contributed by atoms with Crippen LogP contribution in [0, 0.1) is 5.92 Å². The van der Waals surface area contributed by atoms with E-state index in [1.54, 1.807) is 39.8 Å². The predicted molar refractivity (Wildman–Crippen MR) is 258 cm³/mol. The predicted octanol–water partition coefficient (Wildman–Crippen LogP) is 8.42. The van der Waals surface area contributed by atoms with Gasteiger partial charge in [-0.15, -0.1) is 0 Å². The fourth-order valence-corrected chi connectivity index (χ4v) is 13.0. The Labute approximate surface area is 390 Å². The summed E-state index contributed by atoms with van der Waals surface area (Å²) >= 11 is 0. The molecule has 2 aliphatic heterocycles. The van der Waals surface area contributed by atoms with Crippen molar-refractivity contribution in [2.75, 3.05) is 32.1 Å². The number of hydrogen-bond donors (Lipinski definition) is 8. The lowest BCUT2D eigenvalue weighted by atomic mass is 9.81. The molecule has 0 amide bonds. The van der Waals surface area contributed by atoms with Crippen LogP contribution in [0.2, 0.25) is 0 Å². The number of aryl methyl sites for hydroxylation is 2. The number of phenolic OH excluding ortho intramolecular Hbond substituents is 2. The number of aliphatic hydroxyl groups excluding tert-OH is 3. The van der Waals surface area contributed by atoms with E-state index >= 15 is 0 Å². The van der Waals surface area contributed by atoms with E-state index < -0.39 is 24.0 Å². The molecule has 2 heterocycles. The van der Waals surface area contributed by atoms with Crippen LogP contribution in [0.3, 0.4) is 0 Å². The summed E-state index contributed by atoms with van der Waals surface area (Å²) in [5.41, 5.74) is 5.46. The molecule has 4 aliphatic rings. The van der Waals surface area contributed by atoms with Crippen LogP contribution in [0.1, 0.15) is 118 Å². The van der Waals surface area contributed by atoms with Gasteiger partial charge >= 0.3 is 0 Å². The molecule has 2 saturated carbocycles. The number of methoxy groups -OCH3 is 1. The standard InChI is InChI=1S/C51H66N2O10S2/c1-31(56)28-53-43-24-34(7-5-22-54)41(23-36(43)29-55)50(52-21-6-20-51(61)18-3-4-19-51)63-46-27-38(58)14-9-33-11-16-44(59)49(62-2)48(33)39-15-10-32-8-13-37(57)26-40(32)42(39)30-64-65-47-17-12-35(46)25-45(47)60/h8,10-11,13,15-16,23-24,26,35,45-47,50,52-55,57,59-61H,3-7,9,12,14,17-22,25,27-30H2,1-2H3/t35-,45+,46+,47+,50+/m1/s1. The monoisotopic (exact) mass is 930 g/mol. The van der Waals surface area contributed by atoms with Gasteiger partial charge in [0.2, 0.25) is 0 Å². The van der Waals surface area contributed by atoms with Crippen LogP contribution >= 0.6 is 21.6 Å². The van der Waals surface area contributed by atoms with E-state index in [9.17, 15) is 40.2 Å². The Morgan fingerprint density at radius 3 is 2.52 bits per heavy atom. The number of fused-ring (bicyclic) bond motifs is 9. The summed E-state index contributed by atoms with van der Waals surface area (Å²) < 4.78 is 13.1. The third kappa shape index (κ3) is 12.2. The van der Waals surface area contributed by atoms with E-state index in [0.29, 0.717) is 79.8 Å². The molecule has 8 rings (SSSR count). The molecule has 5 atom stereocenters. The van der Waals surface area contributed by atoms with E-state index in [0.717, 1.165) is 70.7 Å². The summed E-state index contributed by atoms with van der Waals surface area (Å²) in [7, 11) is 4.81. The summed E-state index contributed by atoms with van der Waals surface area (Å²) in [5, 5.41) is 73.9. The molecular weight excluding hydrogens is 865 g/mol. The molecule has 0 radical (unpaired) electrons. The van der Waals surface area contributed by atoms with Crippen molar-refractivity contribution >= 4 is 49.6 Å². The average Bonchev–Trinajstić information content (AvgIpc) is 3.73. The number of phenols is 2. The Kier molecular flexibility index (Phi) is 17.2. The molecule has 12 nitrogen and oxygen atoms in total. The van der Waals surface area contributed by atoms with Gasteiger partial charge in [0.25, 0.3) is 0 Å². The van der Waals surface area contributed by atoms with Crippen molar-refractivity contribution in [2.45, 2.75) is 138 Å². The number of ether oxygens (including phenoxy) is 2. The van der Waals surface area contributed by atoms with Crippen LogP contribution in [0.15, 0.2) is 54.6 Å². The molecule has 2 bridgehead atoms. The molecule has 352 valence electrons. The van der Waals surface area contributed by atoms with E-state index in [2.05, 4.69) is 10.6 Å². The Morgan fingerprint density at radius 1 is 0.985 bits per heavy atom. The number of carbonyl (C=O) groups is 2. The van der Waals surface area contributed by atoms with Crippen LogP contribution in [-0.2, 0) is 39.5 Å². The first-order valence-electron chi connectivity index (χ1n) is 23.2. The normalized spacial score (nSPS) is 21.8. The third-order valence-electron chi connectivity index (χ3n) is 13.6. The van der Waals surface area contributed by atoms with Gasteiger partial charge in [-0.25, -0.2) is 0 Å². The number of hydrogen-bond acceptors (Lipinski definition) is 14. The van der Waals surface area contributed by atoms with E-state index in [-0.39, 0.29) is 66.8 Å². The second kappa shape index (κ2) is 22.8. The molecule has 8 N–H and O–H groups in total. The molecular formula is C51H66N2O10S2. The van der Waals surface area contributed by atoms with Crippen LogP contribution < -0.4 is 15.4 Å². The van der Waals surface area contributed by atoms with Gasteiger partial charge in [0.1, 0.15) is 23.5 Å². The Balaban J connectivity index is 1.25. The fraction of sp³-hybridized carbons (Fsp3) is 0.529. The third-order valence-corrected chi connectivity index (χ3v) is 16.4. The molecule has 2 aliphatic carbocycles. The van der Waals surface area contributed by atoms with Crippen LogP contribution in [0.25, 0.3) is 21.9 Å². The van der Waals surface area contributed by atoms with Gasteiger partial charge in [-0.2, -0.15) is 0 Å². The Morgan fingerprint density at radius 2 is 1.78 bits per heavy atom. The molecule has 0 unspecified atom stereocenters. The molecule has 65 heavy (non-hydrogen) atoms. The van der Waals surface area contributed by atoms with Crippen molar-refractivity contribution in [1.29, 1.82) is 0 Å². The van der Waals surface area contributed by atoms with Crippen molar-refractivity contribution in [3.8, 4) is 28.4 Å². The molecule has 14 heteroatoms. The minimum Gasteiger partial charge on any atom is -0.508 e. The second-order valence-electron chi connectivity index (χ2n) is 18.2. The maximum atomic E-state index is 14.5. The summed E-state index contributed by atoms with van der Waals surface area (Å²) in [4.78, 5) is 26.5. The number of aromatic hydroxyl groups is 2. The number of ketones is 2. The van der Waals surface area contributed by atoms with Crippen LogP contribution in [-0.4, -0.2) is 92.1 Å². The number of carbonyl (C=O) groups excluding carboxylic acids is 2. The van der Waals surface area contributed by atoms with Crippen LogP contribution in [0.4, 0.5) is 5.69 Å². The van der Waals surface area contributed by atoms with Crippen molar-refractivity contribution in [2.24, 2.45) is 5.92 Å². The minimum atomic E-state index is -0.740. The van der Waals surface area contributed by atoms with E-state index in [1.807, 2.05) is 36.4 Å². The highest BCUT2D eigenvalue weighted by atomic mass is 33.1. The lowest BCUT2D eigenvalue weighted by molar-refractivity contribution is -0.128. The number of Topliss-reactive ketones (excluding diaryl/α,β-unsaturated/α-hetero) is 2. The average molecular weight is 931 g/mol. The van der Waals surface area contributed by atoms with Crippen molar-refractivity contribution in [3.63, 3.8) is 0 Å². The number of nitrogens with one attached hydrogen (secondary N) is 2. The molecule has 0 saturated heterocycles. The van der Waals surface area contributed by atoms with Gasteiger partial charge in [0, 0.05) is 47.3 Å². The maximum Gasteiger partial charge on any atom is 0.168 e. The summed E-state index contributed by atoms with van der Waals surface area (Å²) in [6, 6.07) is 16.6. The zero-order valence-electron chi connectivity index (χ0n) is 37.7. The highest BCUT2D eigenvalue weighted by Gasteiger charge is 2.38. The number of rotatable bonds is 16. The topological polar surface area (TPSA) is 198 Å². The fourth-order valence-electron chi connectivity index (χ4n) is 10.1. The SMILES string of the molecule is COc1c(O)ccc2c1-c1ccc3ccc(O)cc3c1CSS[C@H]1CC[C@H](C[C@@H]1O)[C@@H](O[C@H](NCCCC1(O)CCCC1)c1cc(CO)c(NCC(C)=O)cc1CCCO)CC(=O)CC2. The van der Waals surface area contributed by atoms with Gasteiger partial charge in [-0.1, -0.05) is 58.7 Å². The number of aliphatic hydroxyl groups is 4. The Bertz CT molecular complexity index is 2280. The van der Waals surface area contributed by atoms with E-state index in [4.69, 9.17) is 9.47 Å². The van der Waals surface area contributed by atoms with Crippen LogP contribution in [0.5, 0.6) is 17.2 Å². The lowest BCUT2D eigenvalue weighted by Gasteiger charge is -2.38. The van der Waals surface area contributed by atoms with Gasteiger partial charge in [0.05, 0.1) is 38.1 Å². The van der Waals surface area contributed by atoms with Gasteiger partial charge in [-0.3, -0.25) is 14.9 Å². The number of anilines is 1. The molecule has 0 spiro atoms. The highest BCUT2D eigenvalue weighted by Crippen LogP contribution is 2.48. The first-order valence-corrected chi connectivity index (χ1v) is 25.6. The number of benzene rings is 4. The summed E-state index contributed by atoms with van der Waals surface area (Å²) in [6.45, 7) is 1.76. The first kappa shape index (κ1) is 49.1. The molecule has 0 aromatic heterocycles. The van der Waals surface area contributed by atoms with Crippen molar-refractivity contribution in [3.05, 3.63) is 82.4 Å². The molecule has 2 fully saturated rings. The summed E-state index contributed by atoms with van der Waals surface area (Å²) in [5.74, 6) is 0.738. The molecule has 4 aromatic carbocycles. The summed E-state index contributed by atoms with van der Waals surface area (Å²) in [6.07, 6.45) is 6.38. The smallest absolute Gasteiger partial charge is 0.168 e. The quantitative estimate of drug-likeness (QED) is 0.0303. The van der Waals surface area contributed by atoms with Gasteiger partial charge < -0.3 is 45.4 Å². The van der Waals surface area contributed by atoms with Crippen molar-refractivity contribution < 1.29 is 49.7 Å². The molecule has 4 aromatic rings. The zero-order valence-corrected chi connectivity index (χ0v) is 39.3. The minimum absolute atomic E-state index is 0.0205. The van der Waals surface area contributed by atoms with Crippen molar-refractivity contribution in [1.82, 2.24) is 5.32 Å². The Hall–Kier alpha value is -3.86.